The van der Waals surface area contributed by atoms with E-state index in [-0.39, 0.29) is 31.7 Å². The number of piperidine rings is 1. The Balaban J connectivity index is 1.61. The molecule has 2 aromatic rings. The van der Waals surface area contributed by atoms with E-state index in [1.54, 1.807) is 0 Å². The van der Waals surface area contributed by atoms with Crippen LogP contribution in [0, 0.1) is 0 Å². The zero-order valence-corrected chi connectivity index (χ0v) is 15.4. The topological polar surface area (TPSA) is 29.5 Å². The molecule has 0 aliphatic carbocycles. The maximum atomic E-state index is 13.3. The zero-order chi connectivity index (χ0) is 16.6. The van der Waals surface area contributed by atoms with Gasteiger partial charge in [0, 0.05) is 0 Å². The molecule has 0 unspecified atom stereocenters. The van der Waals surface area contributed by atoms with Crippen molar-refractivity contribution in [3.8, 4) is 0 Å². The minimum atomic E-state index is -0.631. The summed E-state index contributed by atoms with van der Waals surface area (Å²) in [4.78, 5) is 15.4. The maximum absolute atomic E-state index is 13.3. The third-order valence-corrected chi connectivity index (χ3v) is 7.64. The van der Waals surface area contributed by atoms with Gasteiger partial charge in [-0.2, -0.15) is 0 Å². The van der Waals surface area contributed by atoms with Crippen LogP contribution in [0.3, 0.4) is 0 Å². The molecular formula is C20H21NO2Se. The third-order valence-electron chi connectivity index (χ3n) is 4.99. The van der Waals surface area contributed by atoms with E-state index in [0.29, 0.717) is 6.61 Å². The average molecular weight is 386 g/mol. The number of amides is 1. The van der Waals surface area contributed by atoms with E-state index in [4.69, 9.17) is 4.74 Å². The first-order valence-corrected chi connectivity index (χ1v) is 10.3. The number of fused-ring (bicyclic) bond motifs is 1. The average Bonchev–Trinajstić information content (AvgIpc) is 2.98. The summed E-state index contributed by atoms with van der Waals surface area (Å²) in [7, 11) is 0. The second-order valence-corrected chi connectivity index (χ2v) is 9.20. The molecule has 0 spiro atoms. The summed E-state index contributed by atoms with van der Waals surface area (Å²) in [5.74, 6) is 0.263. The summed E-state index contributed by atoms with van der Waals surface area (Å²) in [6.45, 7) is 2.68. The van der Waals surface area contributed by atoms with Crippen molar-refractivity contribution in [2.24, 2.45) is 0 Å². The predicted octanol–water partition coefficient (Wildman–Crippen LogP) is 2.70. The van der Waals surface area contributed by atoms with Gasteiger partial charge in [-0.1, -0.05) is 0 Å². The number of carbonyl (C=O) groups excluding carboxylic acids is 1. The molecule has 2 aromatic carbocycles. The van der Waals surface area contributed by atoms with Crippen LogP contribution in [0.2, 0.25) is 4.82 Å². The monoisotopic (exact) mass is 387 g/mol. The molecule has 4 heteroatoms. The summed E-state index contributed by atoms with van der Waals surface area (Å²) in [5.41, 5.74) is 0.433. The van der Waals surface area contributed by atoms with Gasteiger partial charge in [-0.15, -0.1) is 0 Å². The van der Waals surface area contributed by atoms with Crippen LogP contribution in [0.15, 0.2) is 60.7 Å². The van der Waals surface area contributed by atoms with Gasteiger partial charge in [0.1, 0.15) is 0 Å². The molecule has 0 saturated carbocycles. The van der Waals surface area contributed by atoms with Crippen molar-refractivity contribution in [3.63, 3.8) is 0 Å². The van der Waals surface area contributed by atoms with Gasteiger partial charge in [0.2, 0.25) is 0 Å². The van der Waals surface area contributed by atoms with E-state index in [9.17, 15) is 4.79 Å². The molecule has 0 aromatic heterocycles. The Hall–Kier alpha value is -1.61. The van der Waals surface area contributed by atoms with E-state index >= 15 is 0 Å². The van der Waals surface area contributed by atoms with Gasteiger partial charge in [-0.25, -0.2) is 0 Å². The van der Waals surface area contributed by atoms with Gasteiger partial charge in [0.15, 0.2) is 0 Å². The number of benzene rings is 2. The van der Waals surface area contributed by atoms with Crippen molar-refractivity contribution >= 4 is 25.3 Å². The van der Waals surface area contributed by atoms with Crippen molar-refractivity contribution in [1.29, 1.82) is 0 Å². The minimum absolute atomic E-state index is 0.112. The van der Waals surface area contributed by atoms with E-state index < -0.39 is 5.72 Å². The van der Waals surface area contributed by atoms with Gasteiger partial charge in [-0.05, 0) is 0 Å². The van der Waals surface area contributed by atoms with Crippen LogP contribution in [0.25, 0.3) is 0 Å². The summed E-state index contributed by atoms with van der Waals surface area (Å²) < 4.78 is 7.45. The van der Waals surface area contributed by atoms with Crippen molar-refractivity contribution in [1.82, 2.24) is 4.90 Å². The van der Waals surface area contributed by atoms with E-state index in [0.717, 1.165) is 18.4 Å². The number of ether oxygens (including phenoxy) is 1. The molecule has 2 fully saturated rings. The molecule has 0 radical (unpaired) electrons. The quantitative estimate of drug-likeness (QED) is 0.760. The molecule has 2 heterocycles. The van der Waals surface area contributed by atoms with Crippen LogP contribution in [0.5, 0.6) is 0 Å². The molecule has 1 amide bonds. The SMILES string of the molecule is C[C@@]1(c2ccccc2)OC[C@@H]2CC[C@H]([Se]c3ccccc3)C(=O)N21. The zero-order valence-electron chi connectivity index (χ0n) is 13.7. The molecule has 0 N–H and O–H groups in total. The first-order valence-electron chi connectivity index (χ1n) is 8.43. The Morgan fingerprint density at radius 2 is 1.71 bits per heavy atom. The molecule has 3 atom stereocenters. The van der Waals surface area contributed by atoms with Crippen molar-refractivity contribution < 1.29 is 9.53 Å². The first kappa shape index (κ1) is 15.9. The van der Waals surface area contributed by atoms with Crippen LogP contribution >= 0.6 is 0 Å². The molecule has 3 nitrogen and oxygen atoms in total. The first-order chi connectivity index (χ1) is 11.7. The molecule has 2 aliphatic rings. The summed E-state index contributed by atoms with van der Waals surface area (Å²) >= 11 is 0.170. The number of carbonyl (C=O) groups is 1. The van der Waals surface area contributed by atoms with Crippen LogP contribution in [-0.2, 0) is 15.3 Å². The standard InChI is InChI=1S/C20H21NO2Se/c1-20(15-8-4-2-5-9-15)21-16(14-23-20)12-13-18(19(21)22)24-17-10-6-3-7-11-17/h2-11,16,18H,12-14H2,1H3/t16-,18-,20-/m0/s1. The summed E-state index contributed by atoms with van der Waals surface area (Å²) in [6, 6.07) is 20.8. The predicted molar refractivity (Wildman–Crippen MR) is 95.2 cm³/mol. The second-order valence-electron chi connectivity index (χ2n) is 6.52. The molecule has 2 saturated heterocycles. The Morgan fingerprint density at radius 3 is 2.42 bits per heavy atom. The third kappa shape index (κ3) is 2.69. The van der Waals surface area contributed by atoms with E-state index in [1.165, 1.54) is 4.46 Å². The number of nitrogens with zero attached hydrogens (tertiary/aromatic N) is 1. The molecule has 24 heavy (non-hydrogen) atoms. The van der Waals surface area contributed by atoms with Crippen LogP contribution in [0.1, 0.15) is 25.3 Å². The van der Waals surface area contributed by atoms with Crippen molar-refractivity contribution in [2.45, 2.75) is 36.3 Å². The van der Waals surface area contributed by atoms with Crippen molar-refractivity contribution in [2.75, 3.05) is 6.61 Å². The fourth-order valence-electron chi connectivity index (χ4n) is 3.72. The van der Waals surface area contributed by atoms with Crippen LogP contribution in [-0.4, -0.2) is 38.4 Å². The molecular weight excluding hydrogens is 365 g/mol. The van der Waals surface area contributed by atoms with Crippen molar-refractivity contribution in [3.05, 3.63) is 66.2 Å². The normalized spacial score (nSPS) is 29.5. The molecule has 124 valence electrons. The van der Waals surface area contributed by atoms with Gasteiger partial charge < -0.3 is 0 Å². The fraction of sp³-hybridized carbons (Fsp3) is 0.350. The Kier molecular flexibility index (Phi) is 4.21. The molecule has 2 aliphatic heterocycles. The van der Waals surface area contributed by atoms with Gasteiger partial charge in [0.05, 0.1) is 0 Å². The Bertz CT molecular complexity index is 721. The van der Waals surface area contributed by atoms with E-state index in [1.807, 2.05) is 36.1 Å². The van der Waals surface area contributed by atoms with E-state index in [2.05, 4.69) is 36.4 Å². The second kappa shape index (κ2) is 6.36. The van der Waals surface area contributed by atoms with Crippen LogP contribution in [0.4, 0.5) is 0 Å². The summed E-state index contributed by atoms with van der Waals surface area (Å²) in [6.07, 6.45) is 2.01. The Morgan fingerprint density at radius 1 is 1.04 bits per heavy atom. The number of hydrogen-bond acceptors (Lipinski definition) is 2. The summed E-state index contributed by atoms with van der Waals surface area (Å²) in [5, 5.41) is 0. The molecule has 4 rings (SSSR count). The van der Waals surface area contributed by atoms with Gasteiger partial charge >= 0.3 is 149 Å². The van der Waals surface area contributed by atoms with Crippen LogP contribution < -0.4 is 4.46 Å². The number of rotatable bonds is 3. The molecule has 0 bridgehead atoms. The van der Waals surface area contributed by atoms with Gasteiger partial charge in [-0.3, -0.25) is 0 Å². The van der Waals surface area contributed by atoms with Gasteiger partial charge in [0.25, 0.3) is 0 Å². The Labute approximate surface area is 149 Å². The fourth-order valence-corrected chi connectivity index (χ4v) is 6.05. The number of hydrogen-bond donors (Lipinski definition) is 0.